The Labute approximate surface area is 602 Å². The maximum atomic E-state index is 13.7. The van der Waals surface area contributed by atoms with E-state index in [1.54, 1.807) is 12.4 Å². The summed E-state index contributed by atoms with van der Waals surface area (Å²) < 4.78 is 22.0. The van der Waals surface area contributed by atoms with Gasteiger partial charge < -0.3 is 82.3 Å². The first-order valence-electron chi connectivity index (χ1n) is 33.5. The molecule has 0 radical (unpaired) electrons. The first kappa shape index (κ1) is 84.5. The fraction of sp³-hybridized carbons (Fsp3) is 0.529. The van der Waals surface area contributed by atoms with Crippen LogP contribution in [0.5, 0.6) is 0 Å². The molecule has 550 valence electrons. The maximum absolute atomic E-state index is 13.7. The van der Waals surface area contributed by atoms with Gasteiger partial charge in [0.05, 0.1) is 77.8 Å². The molecule has 0 saturated heterocycles. The number of carboxylic acid groups (broad SMARTS) is 2. The molecule has 2 aromatic carbocycles. The Morgan fingerprint density at radius 2 is 0.720 bits per heavy atom. The van der Waals surface area contributed by atoms with Gasteiger partial charge >= 0.3 is 11.9 Å². The minimum atomic E-state index is -1.17. The van der Waals surface area contributed by atoms with Crippen LogP contribution in [0, 0.1) is 0 Å². The number of nitrogens with one attached hydrogen (secondary N) is 10. The smallest absolute Gasteiger partial charge is 0.305 e. The lowest BCUT2D eigenvalue weighted by molar-refractivity contribution is -0.139. The third kappa shape index (κ3) is 40.3. The van der Waals surface area contributed by atoms with Gasteiger partial charge in [-0.15, -0.1) is 0 Å². The molecule has 0 fully saturated rings. The molecule has 12 N–H and O–H groups in total. The van der Waals surface area contributed by atoms with Crippen molar-refractivity contribution >= 4 is 117 Å². The number of amides is 8. The van der Waals surface area contributed by atoms with Crippen LogP contribution in [0.3, 0.4) is 0 Å². The van der Waals surface area contributed by atoms with Crippen LogP contribution in [0.4, 0.5) is 11.6 Å². The van der Waals surface area contributed by atoms with Crippen LogP contribution < -0.4 is 53.2 Å². The largest absolute Gasteiger partial charge is 0.481 e. The van der Waals surface area contributed by atoms with Crippen LogP contribution in [0.25, 0.3) is 0 Å². The number of hydrogen-bond acceptors (Lipinski definition) is 18. The number of carboxylic acids is 2. The Morgan fingerprint density at radius 3 is 1.08 bits per heavy atom. The summed E-state index contributed by atoms with van der Waals surface area (Å²) in [7, 11) is 0. The fourth-order valence-corrected chi connectivity index (χ4v) is 10.8. The van der Waals surface area contributed by atoms with Crippen molar-refractivity contribution in [3.63, 3.8) is 0 Å². The Morgan fingerprint density at radius 1 is 0.370 bits per heavy atom. The molecule has 2 heterocycles. The lowest BCUT2D eigenvalue weighted by Gasteiger charge is -2.23. The topological polar surface area (TPSA) is 394 Å². The van der Waals surface area contributed by atoms with E-state index in [1.807, 2.05) is 36.4 Å². The van der Waals surface area contributed by atoms with E-state index in [2.05, 4.69) is 63.1 Å². The van der Waals surface area contributed by atoms with Crippen molar-refractivity contribution in [2.24, 2.45) is 0 Å². The highest BCUT2D eigenvalue weighted by molar-refractivity contribution is 6.35. The van der Waals surface area contributed by atoms with Crippen molar-refractivity contribution in [2.45, 2.75) is 140 Å². The summed E-state index contributed by atoms with van der Waals surface area (Å²) in [6.45, 7) is 3.70. The number of carbonyl (C=O) groups is 10. The molecule has 2 aromatic heterocycles. The van der Waals surface area contributed by atoms with Crippen LogP contribution in [-0.2, 0) is 66.9 Å². The van der Waals surface area contributed by atoms with Crippen LogP contribution in [0.2, 0.25) is 20.1 Å². The van der Waals surface area contributed by atoms with Gasteiger partial charge in [0, 0.05) is 110 Å². The van der Waals surface area contributed by atoms with Gasteiger partial charge in [0.2, 0.25) is 47.3 Å². The van der Waals surface area contributed by atoms with E-state index in [0.717, 1.165) is 11.6 Å². The number of aromatic nitrogens is 2. The average molecular weight is 1480 g/mol. The molecule has 0 aliphatic rings. The normalized spacial score (nSPS) is 12.2. The van der Waals surface area contributed by atoms with E-state index in [4.69, 9.17) is 65.4 Å². The van der Waals surface area contributed by atoms with Crippen LogP contribution in [-0.4, -0.2) is 184 Å². The van der Waals surface area contributed by atoms with Gasteiger partial charge in [-0.3, -0.25) is 47.9 Å². The number of ether oxygens (including phenoxy) is 4. The Kier molecular flexibility index (Phi) is 43.3. The third-order valence-electron chi connectivity index (χ3n) is 14.8. The number of halogens is 4. The number of aliphatic carboxylic acids is 2. The van der Waals surface area contributed by atoms with Gasteiger partial charge in [-0.25, -0.2) is 9.97 Å². The molecule has 0 aliphatic carbocycles. The van der Waals surface area contributed by atoms with Gasteiger partial charge in [-0.1, -0.05) is 58.5 Å². The highest BCUT2D eigenvalue weighted by atomic mass is 35.5. The summed E-state index contributed by atoms with van der Waals surface area (Å²) in [6, 6.07) is 16.1. The highest BCUT2D eigenvalue weighted by Gasteiger charge is 2.28. The zero-order chi connectivity index (χ0) is 72.5. The van der Waals surface area contributed by atoms with Crippen molar-refractivity contribution in [3.05, 3.63) is 116 Å². The molecule has 4 aromatic rings. The molecule has 0 bridgehead atoms. The standard InChI is InChI=1S/C68H94Cl4N12O16/c69-49-39-47(40-50(70)43-49)55(45-65(91)92)83-67(95)53(81-63(89)17-5-11-25-75-57-15-3-9-23-73-57)13-1-7-27-77-61(87)21-31-97-35-37-99-33-29-79-59(85)19-20-60(86)80-30-34-100-38-36-98-32-22-62(88)78-28-8-2-14-54(82-64(90)18-6-12-26-76-58-16-4-10-24-74-58)68(96)84-56(46-66(93)94)48-41-51(71)44-52(72)42-48/h3-4,9-10,15-16,23-24,39-44,53-56H,1-2,5-8,11-14,17-22,25-38,45-46H2,(H,73,75)(H,74,76)(H,77,87)(H,78,88)(H,79,85)(H,80,86)(H,81,89)(H,82,90)(H,83,95)(H,84,96)(H,91,92)(H,93,94)/t53-,54-,55?,56?/m0/s1. The molecule has 32 heteroatoms. The Balaban J connectivity index is 0.982. The predicted octanol–water partition coefficient (Wildman–Crippen LogP) is 7.02. The van der Waals surface area contributed by atoms with Crippen LogP contribution in [0.1, 0.15) is 139 Å². The number of hydrogen-bond donors (Lipinski definition) is 12. The van der Waals surface area contributed by atoms with Gasteiger partial charge in [-0.05, 0) is 136 Å². The molecule has 0 saturated carbocycles. The molecule has 100 heavy (non-hydrogen) atoms. The molecule has 0 aliphatic heterocycles. The predicted molar refractivity (Wildman–Crippen MR) is 378 cm³/mol. The molecule has 2 unspecified atom stereocenters. The second-order valence-corrected chi connectivity index (χ2v) is 24.7. The van der Waals surface area contributed by atoms with Crippen LogP contribution >= 0.6 is 46.4 Å². The number of pyridine rings is 2. The SMILES string of the molecule is O=C(O)CC(NC(=O)[C@H](CCCCNC(=O)CCOCCOCCNC(=O)CCC(=O)NCCOCCOCCC(=O)NCCCC[C@H](NC(=O)CCCCNc1ccccn1)C(=O)NC(CC(=O)O)c1cc(Cl)cc(Cl)c1)NC(=O)CCCCNc1ccccn1)c1cc(Cl)cc(Cl)c1. The van der Waals surface area contributed by atoms with E-state index in [1.165, 1.54) is 36.4 Å². The van der Waals surface area contributed by atoms with Crippen molar-refractivity contribution in [3.8, 4) is 0 Å². The van der Waals surface area contributed by atoms with Crippen molar-refractivity contribution in [1.29, 1.82) is 0 Å². The number of anilines is 2. The first-order valence-corrected chi connectivity index (χ1v) is 35.0. The summed E-state index contributed by atoms with van der Waals surface area (Å²) in [6.07, 6.45) is 7.49. The zero-order valence-electron chi connectivity index (χ0n) is 56.0. The third-order valence-corrected chi connectivity index (χ3v) is 15.6. The van der Waals surface area contributed by atoms with Crippen molar-refractivity contribution < 1.29 is 77.1 Å². The zero-order valence-corrected chi connectivity index (χ0v) is 59.1. The minimum absolute atomic E-state index is 0.0330. The van der Waals surface area contributed by atoms with Gasteiger partial charge in [0.1, 0.15) is 23.7 Å². The van der Waals surface area contributed by atoms with E-state index < -0.39 is 60.8 Å². The summed E-state index contributed by atoms with van der Waals surface area (Å²) in [5.41, 5.74) is 0.781. The van der Waals surface area contributed by atoms with Crippen molar-refractivity contribution in [1.82, 2.24) is 52.5 Å². The highest BCUT2D eigenvalue weighted by Crippen LogP contribution is 2.28. The average Bonchev–Trinajstić information content (AvgIpc) is 0.862. The Hall–Kier alpha value is -7.96. The quantitative estimate of drug-likeness (QED) is 0.0197. The maximum Gasteiger partial charge on any atom is 0.305 e. The summed E-state index contributed by atoms with van der Waals surface area (Å²) >= 11 is 24.7. The molecular weight excluding hydrogens is 1380 g/mol. The van der Waals surface area contributed by atoms with Gasteiger partial charge in [-0.2, -0.15) is 0 Å². The van der Waals surface area contributed by atoms with E-state index in [0.29, 0.717) is 88.7 Å². The monoisotopic (exact) mass is 1470 g/mol. The molecule has 8 amide bonds. The lowest BCUT2D eigenvalue weighted by Crippen LogP contribution is -2.48. The number of unbranched alkanes of at least 4 members (excludes halogenated alkanes) is 4. The summed E-state index contributed by atoms with van der Waals surface area (Å²) in [5.74, 6) is -3.91. The molecule has 0 spiro atoms. The second kappa shape index (κ2) is 51.2. The molecule has 4 rings (SSSR count). The summed E-state index contributed by atoms with van der Waals surface area (Å²) in [5, 5.41) is 48.8. The van der Waals surface area contributed by atoms with Gasteiger partial charge in [0.15, 0.2) is 0 Å². The van der Waals surface area contributed by atoms with E-state index >= 15 is 0 Å². The lowest BCUT2D eigenvalue weighted by atomic mass is 10.0. The number of carbonyl (C=O) groups excluding carboxylic acids is 8. The number of rotatable bonds is 55. The van der Waals surface area contributed by atoms with Gasteiger partial charge in [0.25, 0.3) is 0 Å². The second-order valence-electron chi connectivity index (χ2n) is 23.0. The fourth-order valence-electron chi connectivity index (χ4n) is 9.69. The van der Waals surface area contributed by atoms with Crippen LogP contribution in [0.15, 0.2) is 85.2 Å². The molecule has 28 nitrogen and oxygen atoms in total. The minimum Gasteiger partial charge on any atom is -0.481 e. The number of benzene rings is 2. The molecular formula is C68H94Cl4N12O16. The van der Waals surface area contributed by atoms with E-state index in [9.17, 15) is 58.2 Å². The summed E-state index contributed by atoms with van der Waals surface area (Å²) in [4.78, 5) is 135. The Bertz CT molecular complexity index is 2910. The van der Waals surface area contributed by atoms with E-state index in [-0.39, 0.29) is 173 Å². The molecule has 4 atom stereocenters. The van der Waals surface area contributed by atoms with Crippen molar-refractivity contribution in [2.75, 3.05) is 103 Å². The first-order chi connectivity index (χ1) is 48.2. The number of nitrogens with zero attached hydrogens (tertiary/aromatic N) is 2.